The van der Waals surface area contributed by atoms with Crippen LogP contribution in [-0.2, 0) is 12.8 Å². The summed E-state index contributed by atoms with van der Waals surface area (Å²) in [6.45, 7) is 14.0. The van der Waals surface area contributed by atoms with Crippen molar-refractivity contribution in [1.82, 2.24) is 14.7 Å². The van der Waals surface area contributed by atoms with Crippen LogP contribution in [0, 0.1) is 0 Å². The van der Waals surface area contributed by atoms with Crippen molar-refractivity contribution in [3.05, 3.63) is 59.7 Å². The fourth-order valence-corrected chi connectivity index (χ4v) is 7.11. The lowest BCUT2D eigenvalue weighted by Crippen LogP contribution is -2.74. The Morgan fingerprint density at radius 1 is 0.667 bits per heavy atom. The van der Waals surface area contributed by atoms with E-state index in [0.717, 1.165) is 0 Å². The SMILES string of the molecule is CCCCCc1ccc(-c2ccc(CC[N+]34CCN5CCN6CCN(CC3)C4C65)cc2)cc1. The minimum Gasteiger partial charge on any atom is -0.304 e. The first-order chi connectivity index (χ1) is 16.3. The Bertz CT molecular complexity index is 933. The molecular formula is C29H41N4+. The highest BCUT2D eigenvalue weighted by atomic mass is 15.6. The molecule has 0 amide bonds. The van der Waals surface area contributed by atoms with Crippen LogP contribution in [0.2, 0.25) is 0 Å². The van der Waals surface area contributed by atoms with Crippen LogP contribution in [0.1, 0.15) is 37.3 Å². The van der Waals surface area contributed by atoms with Crippen LogP contribution < -0.4 is 0 Å². The lowest BCUT2D eigenvalue weighted by Gasteiger charge is -2.54. The van der Waals surface area contributed by atoms with E-state index in [1.165, 1.54) is 118 Å². The second-order valence-corrected chi connectivity index (χ2v) is 10.9. The van der Waals surface area contributed by atoms with E-state index in [4.69, 9.17) is 0 Å². The Labute approximate surface area is 200 Å². The molecule has 4 saturated heterocycles. The van der Waals surface area contributed by atoms with Crippen LogP contribution in [0.4, 0.5) is 0 Å². The standard InChI is InChI=1S/C29H41N4/c1-2-3-4-5-24-6-10-26(11-7-24)27-12-8-25(9-13-27)14-21-33-22-19-31-16-15-30-17-18-32(20-23-33)29(33)28(30)31/h6-13,28-29H,2-5,14-23H2,1H3/q+1. The van der Waals surface area contributed by atoms with E-state index in [-0.39, 0.29) is 0 Å². The number of nitrogens with zero attached hydrogens (tertiary/aromatic N) is 4. The normalized spacial score (nSPS) is 29.5. The van der Waals surface area contributed by atoms with Crippen molar-refractivity contribution >= 4 is 0 Å². The molecule has 0 radical (unpaired) electrons. The Morgan fingerprint density at radius 2 is 1.21 bits per heavy atom. The zero-order valence-electron chi connectivity index (χ0n) is 20.5. The van der Waals surface area contributed by atoms with E-state index in [1.54, 1.807) is 0 Å². The minimum absolute atomic E-state index is 0.683. The average Bonchev–Trinajstić information content (AvgIpc) is 3.45. The highest BCUT2D eigenvalue weighted by Gasteiger charge is 2.59. The van der Waals surface area contributed by atoms with Gasteiger partial charge < -0.3 is 4.48 Å². The molecular weight excluding hydrogens is 404 g/mol. The van der Waals surface area contributed by atoms with Gasteiger partial charge >= 0.3 is 0 Å². The van der Waals surface area contributed by atoms with Gasteiger partial charge in [-0.2, -0.15) is 0 Å². The van der Waals surface area contributed by atoms with Crippen molar-refractivity contribution in [2.45, 2.75) is 51.4 Å². The summed E-state index contributed by atoms with van der Waals surface area (Å²) in [6, 6.07) is 18.7. The highest BCUT2D eigenvalue weighted by molar-refractivity contribution is 5.64. The van der Waals surface area contributed by atoms with E-state index >= 15 is 0 Å². The minimum atomic E-state index is 0.683. The maximum Gasteiger partial charge on any atom is 0.175 e. The van der Waals surface area contributed by atoms with Crippen molar-refractivity contribution in [3.8, 4) is 11.1 Å². The summed E-state index contributed by atoms with van der Waals surface area (Å²) >= 11 is 0. The molecule has 0 saturated carbocycles. The molecule has 2 aromatic rings. The largest absolute Gasteiger partial charge is 0.304 e. The lowest BCUT2D eigenvalue weighted by molar-refractivity contribution is -0.954. The molecule has 6 rings (SSSR count). The number of piperazine rings is 2. The van der Waals surface area contributed by atoms with Gasteiger partial charge in [-0.25, -0.2) is 4.90 Å². The van der Waals surface area contributed by atoms with Gasteiger partial charge in [0, 0.05) is 39.1 Å². The van der Waals surface area contributed by atoms with E-state index < -0.39 is 0 Å². The number of hydrogen-bond donors (Lipinski definition) is 0. The van der Waals surface area contributed by atoms with E-state index in [9.17, 15) is 0 Å². The maximum atomic E-state index is 2.83. The van der Waals surface area contributed by atoms with Crippen LogP contribution >= 0.6 is 0 Å². The second kappa shape index (κ2) is 9.14. The number of quaternary nitrogens is 1. The molecule has 0 bridgehead atoms. The Kier molecular flexibility index (Phi) is 6.04. The van der Waals surface area contributed by atoms with Gasteiger partial charge in [-0.05, 0) is 35.1 Å². The van der Waals surface area contributed by atoms with Gasteiger partial charge in [0.15, 0.2) is 6.17 Å². The zero-order chi connectivity index (χ0) is 22.3. The highest BCUT2D eigenvalue weighted by Crippen LogP contribution is 2.39. The van der Waals surface area contributed by atoms with Crippen molar-refractivity contribution in [3.63, 3.8) is 0 Å². The second-order valence-electron chi connectivity index (χ2n) is 10.9. The van der Waals surface area contributed by atoms with E-state index in [1.807, 2.05) is 0 Å². The third-order valence-electron chi connectivity index (χ3n) is 9.12. The fourth-order valence-electron chi connectivity index (χ4n) is 7.11. The smallest absolute Gasteiger partial charge is 0.175 e. The van der Waals surface area contributed by atoms with Crippen molar-refractivity contribution in [2.24, 2.45) is 0 Å². The summed E-state index contributed by atoms with van der Waals surface area (Å²) in [5.41, 5.74) is 5.67. The summed E-state index contributed by atoms with van der Waals surface area (Å²) < 4.78 is 1.33. The molecule has 3 unspecified atom stereocenters. The number of aryl methyl sites for hydroxylation is 1. The average molecular weight is 446 g/mol. The number of unbranched alkanes of at least 4 members (excludes halogenated alkanes) is 2. The van der Waals surface area contributed by atoms with Crippen molar-refractivity contribution < 1.29 is 4.48 Å². The van der Waals surface area contributed by atoms with Gasteiger partial charge in [0.1, 0.15) is 6.17 Å². The molecule has 3 atom stereocenters. The number of hydrogen-bond acceptors (Lipinski definition) is 3. The fraction of sp³-hybridized carbons (Fsp3) is 0.586. The van der Waals surface area contributed by atoms with Crippen LogP contribution in [0.25, 0.3) is 11.1 Å². The molecule has 4 aliphatic rings. The third kappa shape index (κ3) is 4.05. The van der Waals surface area contributed by atoms with Crippen LogP contribution in [0.3, 0.4) is 0 Å². The van der Waals surface area contributed by atoms with Gasteiger partial charge in [-0.1, -0.05) is 68.3 Å². The summed E-state index contributed by atoms with van der Waals surface area (Å²) in [4.78, 5) is 8.39. The maximum absolute atomic E-state index is 2.83. The van der Waals surface area contributed by atoms with Crippen LogP contribution in [-0.4, -0.2) is 90.4 Å². The van der Waals surface area contributed by atoms with E-state index in [2.05, 4.69) is 70.2 Å². The zero-order valence-corrected chi connectivity index (χ0v) is 20.5. The van der Waals surface area contributed by atoms with Gasteiger partial charge in [-0.3, -0.25) is 9.80 Å². The van der Waals surface area contributed by atoms with Gasteiger partial charge in [-0.15, -0.1) is 0 Å². The molecule has 2 aromatic carbocycles. The van der Waals surface area contributed by atoms with Crippen LogP contribution in [0.15, 0.2) is 48.5 Å². The molecule has 33 heavy (non-hydrogen) atoms. The summed E-state index contributed by atoms with van der Waals surface area (Å²) in [5.74, 6) is 0. The first kappa shape index (κ1) is 21.8. The van der Waals surface area contributed by atoms with Gasteiger partial charge in [0.2, 0.25) is 0 Å². The van der Waals surface area contributed by atoms with Crippen molar-refractivity contribution in [2.75, 3.05) is 58.9 Å². The first-order valence-corrected chi connectivity index (χ1v) is 13.5. The molecule has 4 aliphatic heterocycles. The van der Waals surface area contributed by atoms with Gasteiger partial charge in [0.05, 0.1) is 26.2 Å². The summed E-state index contributed by atoms with van der Waals surface area (Å²) in [7, 11) is 0. The number of rotatable bonds is 8. The predicted molar refractivity (Wildman–Crippen MR) is 136 cm³/mol. The summed E-state index contributed by atoms with van der Waals surface area (Å²) in [5, 5.41) is 0. The molecule has 4 heterocycles. The molecule has 4 heteroatoms. The Balaban J connectivity index is 1.11. The molecule has 0 aromatic heterocycles. The molecule has 0 aliphatic carbocycles. The molecule has 176 valence electrons. The first-order valence-electron chi connectivity index (χ1n) is 13.5. The third-order valence-corrected chi connectivity index (χ3v) is 9.12. The molecule has 4 nitrogen and oxygen atoms in total. The molecule has 4 fully saturated rings. The lowest BCUT2D eigenvalue weighted by atomic mass is 9.99. The van der Waals surface area contributed by atoms with E-state index in [0.29, 0.717) is 12.3 Å². The quantitative estimate of drug-likeness (QED) is 0.448. The predicted octanol–water partition coefficient (Wildman–Crippen LogP) is 4.06. The summed E-state index contributed by atoms with van der Waals surface area (Å²) in [6.07, 6.45) is 7.74. The van der Waals surface area contributed by atoms with Crippen molar-refractivity contribution in [1.29, 1.82) is 0 Å². The topological polar surface area (TPSA) is 9.72 Å². The van der Waals surface area contributed by atoms with Crippen LogP contribution in [0.5, 0.6) is 0 Å². The number of benzene rings is 2. The Hall–Kier alpha value is -1.72. The molecule has 0 N–H and O–H groups in total. The monoisotopic (exact) mass is 445 g/mol. The Morgan fingerprint density at radius 3 is 1.85 bits per heavy atom. The molecule has 0 spiro atoms. The van der Waals surface area contributed by atoms with Gasteiger partial charge in [0.25, 0.3) is 0 Å².